The van der Waals surface area contributed by atoms with Gasteiger partial charge in [-0.2, -0.15) is 13.5 Å². The second-order valence-electron chi connectivity index (χ2n) is 13.8. The molecule has 1 aromatic heterocycles. The number of hydrogen-bond acceptors (Lipinski definition) is 15. The number of hydroxylamine groups is 2. The van der Waals surface area contributed by atoms with Gasteiger partial charge in [0, 0.05) is 36.0 Å². The first-order chi connectivity index (χ1) is 25.4. The first-order valence-corrected chi connectivity index (χ1v) is 19.2. The van der Waals surface area contributed by atoms with Gasteiger partial charge in [0.05, 0.1) is 37.1 Å². The number of benzene rings is 1. The number of thioether (sulfide) groups is 1. The topological polar surface area (TPSA) is 278 Å². The van der Waals surface area contributed by atoms with E-state index in [9.17, 15) is 27.9 Å². The Labute approximate surface area is 315 Å². The van der Waals surface area contributed by atoms with Crippen molar-refractivity contribution < 1.29 is 50.9 Å². The number of aromatic nitrogens is 1. The number of nitrogens with two attached hydrogens (primary N) is 3. The number of anilines is 1. The Bertz CT molecular complexity index is 2080. The summed E-state index contributed by atoms with van der Waals surface area (Å²) in [5.41, 5.74) is 15.8. The van der Waals surface area contributed by atoms with Crippen molar-refractivity contribution in [3.05, 3.63) is 65.0 Å². The number of fused-ring (bicyclic) bond motifs is 2. The molecule has 0 bridgehead atoms. The number of allylic oxidation sites excluding steroid dienone is 1. The summed E-state index contributed by atoms with van der Waals surface area (Å²) in [6.45, 7) is 7.40. The van der Waals surface area contributed by atoms with Crippen molar-refractivity contribution in [3.63, 3.8) is 0 Å². The summed E-state index contributed by atoms with van der Waals surface area (Å²) in [6.07, 6.45) is 3.93. The van der Waals surface area contributed by atoms with Crippen LogP contribution >= 0.6 is 11.8 Å². The van der Waals surface area contributed by atoms with Crippen LogP contribution in [0.5, 0.6) is 5.75 Å². The number of aliphatic carboxylic acids is 1. The Morgan fingerprint density at radius 1 is 1.24 bits per heavy atom. The molecule has 1 aromatic carbocycles. The zero-order valence-corrected chi connectivity index (χ0v) is 31.2. The summed E-state index contributed by atoms with van der Waals surface area (Å²) in [6, 6.07) is 8.36. The third kappa shape index (κ3) is 7.60. The zero-order valence-electron chi connectivity index (χ0n) is 29.6. The lowest BCUT2D eigenvalue weighted by Gasteiger charge is -2.50. The molecular formula is C33H42N9O10S2+. The molecule has 0 aliphatic carbocycles. The van der Waals surface area contributed by atoms with Gasteiger partial charge in [0.1, 0.15) is 17.3 Å². The van der Waals surface area contributed by atoms with E-state index in [4.69, 9.17) is 31.3 Å². The van der Waals surface area contributed by atoms with Crippen molar-refractivity contribution in [2.45, 2.75) is 56.4 Å². The molecule has 0 spiro atoms. The number of pyridine rings is 1. The minimum Gasteiger partial charge on any atom is -0.478 e. The number of carbonyl (C=O) groups excluding carboxylic acids is 2. The molecule has 1 saturated heterocycles. The van der Waals surface area contributed by atoms with E-state index < -0.39 is 56.6 Å². The highest BCUT2D eigenvalue weighted by Gasteiger charge is 2.58. The van der Waals surface area contributed by atoms with E-state index in [1.54, 1.807) is 12.1 Å². The molecule has 4 atom stereocenters. The van der Waals surface area contributed by atoms with E-state index in [0.29, 0.717) is 30.3 Å². The minimum absolute atomic E-state index is 0.0655. The molecule has 1 fully saturated rings. The number of amides is 2. The third-order valence-corrected chi connectivity index (χ3v) is 10.7. The number of rotatable bonds is 13. The lowest BCUT2D eigenvalue weighted by Crippen LogP contribution is -2.77. The monoisotopic (exact) mass is 788 g/mol. The average molecular weight is 789 g/mol. The molecule has 0 radical (unpaired) electrons. The second-order valence-corrected chi connectivity index (χ2v) is 15.8. The maximum atomic E-state index is 13.6. The Morgan fingerprint density at radius 3 is 2.61 bits per heavy atom. The fraction of sp³-hybridized carbons (Fsp3) is 0.424. The van der Waals surface area contributed by atoms with Gasteiger partial charge in [-0.25, -0.2) is 9.36 Å². The van der Waals surface area contributed by atoms with Gasteiger partial charge in [-0.3, -0.25) is 19.0 Å². The average Bonchev–Trinajstić information content (AvgIpc) is 3.56. The van der Waals surface area contributed by atoms with Crippen molar-refractivity contribution in [1.82, 2.24) is 15.7 Å². The van der Waals surface area contributed by atoms with Crippen LogP contribution in [0.25, 0.3) is 11.1 Å². The molecule has 4 aliphatic heterocycles. The SMILES string of the molecule is CC1(C)C(NC(=O)/C(=N\O[C@](C)(C(=O)O)C2=CCc3cc(-c4ccc5[n+](c4)CC(CN)CN5CCN)ccc3O2)C2=CSC(N)N2)C(=O)N1OS(=O)(=O)O. The second kappa shape index (κ2) is 14.8. The quantitative estimate of drug-likeness (QED) is 0.0434. The largest absolute Gasteiger partial charge is 0.478 e. The van der Waals surface area contributed by atoms with Crippen LogP contribution in [0.15, 0.2) is 64.6 Å². The normalized spacial score (nSPS) is 23.1. The number of carboxylic acids is 1. The molecule has 2 aromatic rings. The molecule has 10 N–H and O–H groups in total. The smallest absolute Gasteiger partial charge is 0.418 e. The highest BCUT2D eigenvalue weighted by atomic mass is 32.3. The third-order valence-electron chi connectivity index (χ3n) is 9.53. The van der Waals surface area contributed by atoms with Crippen LogP contribution in [0.1, 0.15) is 26.3 Å². The summed E-state index contributed by atoms with van der Waals surface area (Å²) in [5, 5.41) is 21.4. The summed E-state index contributed by atoms with van der Waals surface area (Å²) >= 11 is 1.10. The standard InChI is InChI=1S/C33H41N9O10S2/c1-32(2)27(29(44)42(32)52-54(47,48)49)38-28(43)26(22-17-53-31(36)37-22)39-51-33(3,30(45)46)24-8-5-20-12-19(4-7-23(20)50-24)21-6-9-25-40(11-10-34)14-18(13-35)15-41(25)16-21/h4,6-9,12,16-18,27,31,37H,5,10-11,13-15,34-36H2,1-3H3,(H2-,38,43,45,46,47,48,49)/p+1/b39-26-/t18?,27?,31?,33-/m0/s1. The Kier molecular flexibility index (Phi) is 10.7. The number of hydrogen-bond donors (Lipinski definition) is 7. The maximum absolute atomic E-state index is 13.6. The molecule has 21 heteroatoms. The van der Waals surface area contributed by atoms with Crippen molar-refractivity contribution in [2.75, 3.05) is 31.1 Å². The predicted octanol–water partition coefficient (Wildman–Crippen LogP) is -0.710. The summed E-state index contributed by atoms with van der Waals surface area (Å²) in [5.74, 6) is -1.78. The molecule has 4 aliphatic rings. The molecule has 3 unspecified atom stereocenters. The first kappa shape index (κ1) is 38.9. The van der Waals surface area contributed by atoms with Gasteiger partial charge in [-0.05, 0) is 62.6 Å². The van der Waals surface area contributed by atoms with E-state index in [-0.39, 0.29) is 17.4 Å². The van der Waals surface area contributed by atoms with E-state index in [2.05, 4.69) is 41.8 Å². The maximum Gasteiger partial charge on any atom is 0.418 e. The number of nitrogens with zero attached hydrogens (tertiary/aromatic N) is 4. The van der Waals surface area contributed by atoms with Crippen LogP contribution in [0, 0.1) is 5.92 Å². The van der Waals surface area contributed by atoms with Gasteiger partial charge in [-0.15, -0.1) is 4.28 Å². The van der Waals surface area contributed by atoms with E-state index in [1.165, 1.54) is 26.2 Å². The molecule has 5 heterocycles. The number of carbonyl (C=O) groups is 3. The van der Waals surface area contributed by atoms with Gasteiger partial charge in [-0.1, -0.05) is 23.0 Å². The van der Waals surface area contributed by atoms with E-state index in [0.717, 1.165) is 53.9 Å². The summed E-state index contributed by atoms with van der Waals surface area (Å²) in [7, 11) is -5.03. The van der Waals surface area contributed by atoms with Crippen LogP contribution in [0.3, 0.4) is 0 Å². The molecule has 0 saturated carbocycles. The van der Waals surface area contributed by atoms with Gasteiger partial charge in [0.15, 0.2) is 11.5 Å². The lowest BCUT2D eigenvalue weighted by atomic mass is 9.84. The molecule has 6 rings (SSSR count). The van der Waals surface area contributed by atoms with Crippen LogP contribution < -0.4 is 42.0 Å². The number of β-lactam (4-membered cyclic amide) rings is 1. The van der Waals surface area contributed by atoms with Gasteiger partial charge in [0.2, 0.25) is 0 Å². The first-order valence-electron chi connectivity index (χ1n) is 16.8. The van der Waals surface area contributed by atoms with Crippen molar-refractivity contribution >= 4 is 51.5 Å². The Morgan fingerprint density at radius 2 is 1.98 bits per heavy atom. The zero-order chi connectivity index (χ0) is 39.2. The number of oxime groups is 1. The molecule has 2 amide bonds. The van der Waals surface area contributed by atoms with E-state index in [1.807, 2.05) is 18.2 Å². The number of nitrogens with one attached hydrogen (secondary N) is 2. The summed E-state index contributed by atoms with van der Waals surface area (Å²) < 4.78 is 44.1. The summed E-state index contributed by atoms with van der Waals surface area (Å²) in [4.78, 5) is 46.8. The molecule has 19 nitrogen and oxygen atoms in total. The van der Waals surface area contributed by atoms with Crippen LogP contribution in [0.4, 0.5) is 5.82 Å². The van der Waals surface area contributed by atoms with Gasteiger partial charge < -0.3 is 42.5 Å². The fourth-order valence-electron chi connectivity index (χ4n) is 6.51. The molecular weight excluding hydrogens is 747 g/mol. The van der Waals surface area contributed by atoms with Gasteiger partial charge >= 0.3 is 16.4 Å². The van der Waals surface area contributed by atoms with Crippen LogP contribution in [-0.2, 0) is 46.9 Å². The van der Waals surface area contributed by atoms with Gasteiger partial charge in [0.25, 0.3) is 23.2 Å². The highest BCUT2D eigenvalue weighted by molar-refractivity contribution is 8.02. The Balaban J connectivity index is 1.22. The molecule has 54 heavy (non-hydrogen) atoms. The van der Waals surface area contributed by atoms with E-state index >= 15 is 0 Å². The van der Waals surface area contributed by atoms with Crippen LogP contribution in [0.2, 0.25) is 0 Å². The van der Waals surface area contributed by atoms with Crippen molar-refractivity contribution in [1.29, 1.82) is 0 Å². The number of carboxylic acid groups (broad SMARTS) is 1. The predicted molar refractivity (Wildman–Crippen MR) is 195 cm³/mol. The van der Waals surface area contributed by atoms with Crippen molar-refractivity contribution in [2.24, 2.45) is 28.3 Å². The minimum atomic E-state index is -5.03. The van der Waals surface area contributed by atoms with Crippen molar-refractivity contribution in [3.8, 4) is 16.9 Å². The highest BCUT2D eigenvalue weighted by Crippen LogP contribution is 2.37. The fourth-order valence-corrected chi connectivity index (χ4v) is 7.62. The Hall–Kier alpha value is -4.77. The van der Waals surface area contributed by atoms with Crippen LogP contribution in [-0.4, -0.2) is 95.5 Å². The number of ether oxygens (including phenoxy) is 1. The lowest BCUT2D eigenvalue weighted by molar-refractivity contribution is -0.694. The molecule has 290 valence electrons.